The molecule has 0 spiro atoms. The summed E-state index contributed by atoms with van der Waals surface area (Å²) >= 11 is 0. The fourth-order valence-corrected chi connectivity index (χ4v) is 5.14. The topological polar surface area (TPSA) is 63.3 Å². The number of carbonyl (C=O) groups is 1. The second-order valence-electron chi connectivity index (χ2n) is 12.7. The molecule has 0 aliphatic rings. The summed E-state index contributed by atoms with van der Waals surface area (Å²) in [4.78, 5) is 16.0. The van der Waals surface area contributed by atoms with Crippen LogP contribution in [0.3, 0.4) is 0 Å². The van der Waals surface area contributed by atoms with Crippen LogP contribution in [0.4, 0.5) is 0 Å². The van der Waals surface area contributed by atoms with Crippen LogP contribution in [-0.2, 0) is 24.9 Å². The Morgan fingerprint density at radius 3 is 2.21 bits per heavy atom. The van der Waals surface area contributed by atoms with Crippen molar-refractivity contribution in [2.45, 2.75) is 80.1 Å². The van der Waals surface area contributed by atoms with Crippen LogP contribution in [0, 0.1) is 17.9 Å². The van der Waals surface area contributed by atoms with Gasteiger partial charge in [0.2, 0.25) is 0 Å². The van der Waals surface area contributed by atoms with Crippen molar-refractivity contribution in [3.63, 3.8) is 0 Å². The third-order valence-electron chi connectivity index (χ3n) is 7.30. The van der Waals surface area contributed by atoms with Gasteiger partial charge in [-0.25, -0.2) is 0 Å². The average molecular weight is 755 g/mol. The molecule has 0 aliphatic heterocycles. The number of para-hydroxylation sites is 1. The van der Waals surface area contributed by atoms with Gasteiger partial charge in [-0.15, -0.1) is 17.7 Å². The number of carbonyl (C=O) groups excluding carboxylic acids is 1. The van der Waals surface area contributed by atoms with Crippen molar-refractivity contribution in [3.05, 3.63) is 89.8 Å². The number of aliphatic hydroxyl groups is 1. The van der Waals surface area contributed by atoms with Crippen molar-refractivity contribution in [3.8, 4) is 11.3 Å². The smallest absolute Gasteiger partial charge is 0.159 e. The summed E-state index contributed by atoms with van der Waals surface area (Å²) in [5.41, 5.74) is 6.17. The van der Waals surface area contributed by atoms with Crippen molar-refractivity contribution < 1.29 is 34.4 Å². The Morgan fingerprint density at radius 1 is 0.860 bits per heavy atom. The van der Waals surface area contributed by atoms with E-state index in [9.17, 15) is 9.90 Å². The molecule has 4 nitrogen and oxygen atoms in total. The maximum atomic E-state index is 11.2. The summed E-state index contributed by atoms with van der Waals surface area (Å²) in [5, 5.41) is 14.0. The van der Waals surface area contributed by atoms with Gasteiger partial charge in [-0.2, -0.15) is 0 Å². The van der Waals surface area contributed by atoms with Crippen molar-refractivity contribution in [1.82, 2.24) is 4.98 Å². The molecule has 0 fully saturated rings. The zero-order valence-corrected chi connectivity index (χ0v) is 29.0. The number of allylic oxidation sites excluding steroid dienone is 2. The standard InChI is InChI=1S/C27H24NO.C11H20O2.Ir/c1-16(2)18-9-10-21-19(13-18)11-12-28-26(21)24-15-20(17(3)4)14-23-22-7-5-6-8-25(22)29-27(23)24;1-8(2)5-10(12)7-11(13)6-9(3)4;/h5-14,16-17H,1-4H3;7-9,12H,5-6H2,1-4H3;/q-1;;/b;10-7-;. The number of fused-ring (bicyclic) bond motifs is 4. The number of hydrogen-bond donors (Lipinski definition) is 1. The monoisotopic (exact) mass is 755 g/mol. The van der Waals surface area contributed by atoms with Gasteiger partial charge in [-0.3, -0.25) is 4.79 Å². The fourth-order valence-electron chi connectivity index (χ4n) is 5.14. The Balaban J connectivity index is 0.000000310. The Morgan fingerprint density at radius 2 is 1.56 bits per heavy atom. The van der Waals surface area contributed by atoms with Gasteiger partial charge in [0, 0.05) is 50.6 Å². The Labute approximate surface area is 270 Å². The van der Waals surface area contributed by atoms with Gasteiger partial charge in [0.1, 0.15) is 5.58 Å². The second-order valence-corrected chi connectivity index (χ2v) is 12.7. The van der Waals surface area contributed by atoms with E-state index in [2.05, 4.69) is 76.2 Å². The van der Waals surface area contributed by atoms with Crippen LogP contribution in [0.15, 0.2) is 77.0 Å². The number of aromatic nitrogens is 1. The van der Waals surface area contributed by atoms with E-state index < -0.39 is 0 Å². The number of nitrogens with zero attached hydrogens (tertiary/aromatic N) is 1. The van der Waals surface area contributed by atoms with E-state index in [4.69, 9.17) is 9.40 Å². The van der Waals surface area contributed by atoms with Crippen molar-refractivity contribution in [1.29, 1.82) is 0 Å². The second kappa shape index (κ2) is 14.9. The Bertz CT molecular complexity index is 1730. The van der Waals surface area contributed by atoms with Crippen LogP contribution in [-0.4, -0.2) is 15.9 Å². The molecule has 0 atom stereocenters. The van der Waals surface area contributed by atoms with Crippen LogP contribution in [0.25, 0.3) is 44.0 Å². The van der Waals surface area contributed by atoms with E-state index in [1.807, 2.05) is 46.0 Å². The first-order valence-corrected chi connectivity index (χ1v) is 15.1. The molecular formula is C38H44IrNO3-. The minimum atomic E-state index is 0. The van der Waals surface area contributed by atoms with E-state index in [-0.39, 0.29) is 31.6 Å². The maximum absolute atomic E-state index is 11.2. The van der Waals surface area contributed by atoms with Crippen LogP contribution in [0.5, 0.6) is 0 Å². The molecule has 0 unspecified atom stereocenters. The molecule has 0 saturated carbocycles. The van der Waals surface area contributed by atoms with E-state index in [1.165, 1.54) is 22.6 Å². The molecule has 2 heterocycles. The quantitative estimate of drug-likeness (QED) is 0.0973. The SMILES string of the molecule is CC(C)CC(=O)/C=C(\O)CC(C)C.CC(C)c1[c-]c(-c2nccc3cc(C(C)C)ccc23)c2oc3ccccc3c2c1.[Ir]. The summed E-state index contributed by atoms with van der Waals surface area (Å²) < 4.78 is 6.31. The number of hydrogen-bond acceptors (Lipinski definition) is 4. The molecule has 0 amide bonds. The normalized spacial score (nSPS) is 12.0. The predicted molar refractivity (Wildman–Crippen MR) is 176 cm³/mol. The average Bonchev–Trinajstić information content (AvgIpc) is 3.30. The minimum Gasteiger partial charge on any atom is -0.512 e. The molecule has 5 heteroatoms. The number of aliphatic hydroxyl groups excluding tert-OH is 1. The number of furan rings is 1. The van der Waals surface area contributed by atoms with Crippen molar-refractivity contribution in [2.75, 3.05) is 0 Å². The Kier molecular flexibility index (Phi) is 11.9. The number of benzene rings is 3. The van der Waals surface area contributed by atoms with Crippen LogP contribution in [0.1, 0.15) is 91.2 Å². The van der Waals surface area contributed by atoms with Crippen LogP contribution >= 0.6 is 0 Å². The molecule has 1 radical (unpaired) electrons. The molecular weight excluding hydrogens is 711 g/mol. The molecule has 2 aromatic heterocycles. The first kappa shape index (κ1) is 34.2. The molecule has 0 saturated heterocycles. The van der Waals surface area contributed by atoms with E-state index in [0.717, 1.165) is 38.6 Å². The zero-order valence-electron chi connectivity index (χ0n) is 26.6. The number of ketones is 1. The van der Waals surface area contributed by atoms with Crippen molar-refractivity contribution in [2.24, 2.45) is 11.8 Å². The summed E-state index contributed by atoms with van der Waals surface area (Å²) in [5.74, 6) is 1.84. The van der Waals surface area contributed by atoms with E-state index >= 15 is 0 Å². The summed E-state index contributed by atoms with van der Waals surface area (Å²) in [6, 6.07) is 22.8. The molecule has 0 bridgehead atoms. The molecule has 3 aromatic carbocycles. The number of rotatable bonds is 8. The molecule has 5 rings (SSSR count). The minimum absolute atomic E-state index is 0. The third kappa shape index (κ3) is 8.43. The van der Waals surface area contributed by atoms with Gasteiger partial charge in [-0.05, 0) is 57.8 Å². The van der Waals surface area contributed by atoms with Crippen LogP contribution in [0.2, 0.25) is 0 Å². The summed E-state index contributed by atoms with van der Waals surface area (Å²) in [6.45, 7) is 16.9. The maximum Gasteiger partial charge on any atom is 0.159 e. The summed E-state index contributed by atoms with van der Waals surface area (Å²) in [7, 11) is 0. The molecule has 5 aromatic rings. The van der Waals surface area contributed by atoms with Gasteiger partial charge in [0.25, 0.3) is 0 Å². The number of pyridine rings is 1. The zero-order chi connectivity index (χ0) is 30.6. The largest absolute Gasteiger partial charge is 0.512 e. The molecule has 0 aliphatic carbocycles. The molecule has 229 valence electrons. The summed E-state index contributed by atoms with van der Waals surface area (Å²) in [6.07, 6.45) is 4.36. The van der Waals surface area contributed by atoms with Gasteiger partial charge >= 0.3 is 0 Å². The van der Waals surface area contributed by atoms with Crippen LogP contribution < -0.4 is 0 Å². The predicted octanol–water partition coefficient (Wildman–Crippen LogP) is 10.9. The third-order valence-corrected chi connectivity index (χ3v) is 7.30. The molecule has 43 heavy (non-hydrogen) atoms. The van der Waals surface area contributed by atoms with Gasteiger partial charge in [0.05, 0.1) is 11.3 Å². The fraction of sp³-hybridized carbons (Fsp3) is 0.368. The van der Waals surface area contributed by atoms with E-state index in [1.54, 1.807) is 0 Å². The Hall–Kier alpha value is -3.27. The first-order chi connectivity index (χ1) is 19.9. The molecule has 1 N–H and O–H groups in total. The van der Waals surface area contributed by atoms with E-state index in [0.29, 0.717) is 36.5 Å². The van der Waals surface area contributed by atoms with Gasteiger partial charge < -0.3 is 14.5 Å². The van der Waals surface area contributed by atoms with Gasteiger partial charge in [0.15, 0.2) is 5.78 Å². The first-order valence-electron chi connectivity index (χ1n) is 15.1. The van der Waals surface area contributed by atoms with Gasteiger partial charge in [-0.1, -0.05) is 103 Å². The van der Waals surface area contributed by atoms with Crippen molar-refractivity contribution >= 4 is 38.5 Å².